The molecule has 2 aromatic carbocycles. The Kier molecular flexibility index (Phi) is 5.20. The number of hydrogen-bond acceptors (Lipinski definition) is 1. The van der Waals surface area contributed by atoms with E-state index in [0.29, 0.717) is 12.0 Å². The monoisotopic (exact) mass is 307 g/mol. The second-order valence-corrected chi connectivity index (χ2v) is 4.93. The molecule has 0 bridgehead atoms. The molecule has 0 aromatic heterocycles. The molecule has 5 heteroatoms. The van der Waals surface area contributed by atoms with Crippen molar-refractivity contribution in [2.45, 2.75) is 25.6 Å². The third-order valence-corrected chi connectivity index (χ3v) is 3.34. The van der Waals surface area contributed by atoms with Crippen molar-refractivity contribution in [1.29, 1.82) is 0 Å². The number of halogens is 3. The summed E-state index contributed by atoms with van der Waals surface area (Å²) in [4.78, 5) is 10.9. The molecule has 0 aliphatic carbocycles. The summed E-state index contributed by atoms with van der Waals surface area (Å²) in [6.07, 6.45) is -3.34. The second kappa shape index (κ2) is 7.11. The van der Waals surface area contributed by atoms with E-state index < -0.39 is 12.1 Å². The Morgan fingerprint density at radius 2 is 1.45 bits per heavy atom. The van der Waals surface area contributed by atoms with Crippen LogP contribution in [0.15, 0.2) is 54.6 Å². The Balaban J connectivity index is 1.99. The lowest BCUT2D eigenvalue weighted by molar-refractivity contribution is -0.173. The van der Waals surface area contributed by atoms with Gasteiger partial charge >= 0.3 is 12.1 Å². The fourth-order valence-corrected chi connectivity index (χ4v) is 2.17. The topological polar surface area (TPSA) is 29.1 Å². The highest BCUT2D eigenvalue weighted by Gasteiger charge is 2.38. The van der Waals surface area contributed by atoms with Gasteiger partial charge in [-0.05, 0) is 29.5 Å². The van der Waals surface area contributed by atoms with Gasteiger partial charge in [0.2, 0.25) is 0 Å². The summed E-state index contributed by atoms with van der Waals surface area (Å²) in [6.45, 7) is -0.122. The molecule has 0 unspecified atom stereocenters. The molecule has 1 amide bonds. The largest absolute Gasteiger partial charge is 0.471 e. The van der Waals surface area contributed by atoms with Crippen LogP contribution >= 0.6 is 0 Å². The maximum atomic E-state index is 12.2. The lowest BCUT2D eigenvalue weighted by atomic mass is 10.00. The van der Waals surface area contributed by atoms with Crippen LogP contribution in [0.5, 0.6) is 0 Å². The van der Waals surface area contributed by atoms with Crippen LogP contribution in [0.2, 0.25) is 0 Å². The lowest BCUT2D eigenvalue weighted by Crippen LogP contribution is -2.36. The number of rotatable bonds is 5. The van der Waals surface area contributed by atoms with Crippen LogP contribution < -0.4 is 5.32 Å². The summed E-state index contributed by atoms with van der Waals surface area (Å²) >= 11 is 0. The van der Waals surface area contributed by atoms with Crippen LogP contribution in [0.25, 0.3) is 0 Å². The number of amides is 1. The highest BCUT2D eigenvalue weighted by molar-refractivity contribution is 5.81. The van der Waals surface area contributed by atoms with Gasteiger partial charge in [0.15, 0.2) is 0 Å². The summed E-state index contributed by atoms with van der Waals surface area (Å²) in [5.41, 5.74) is 2.81. The molecule has 0 radical (unpaired) electrons. The van der Waals surface area contributed by atoms with Gasteiger partial charge < -0.3 is 5.32 Å². The average molecular weight is 307 g/mol. The first-order valence-corrected chi connectivity index (χ1v) is 6.92. The molecule has 0 fully saturated rings. The summed E-state index contributed by atoms with van der Waals surface area (Å²) in [6, 6.07) is 17.0. The number of carbonyl (C=O) groups is 1. The fourth-order valence-electron chi connectivity index (χ4n) is 2.17. The van der Waals surface area contributed by atoms with Gasteiger partial charge in [-0.3, -0.25) is 4.79 Å². The normalized spacial score (nSPS) is 11.2. The zero-order valence-corrected chi connectivity index (χ0v) is 11.9. The lowest BCUT2D eigenvalue weighted by Gasteiger charge is -2.12. The van der Waals surface area contributed by atoms with Crippen LogP contribution in [0.4, 0.5) is 13.2 Å². The fraction of sp³-hybridized carbons (Fsp3) is 0.235. The van der Waals surface area contributed by atoms with Crippen LogP contribution in [0.3, 0.4) is 0 Å². The third kappa shape index (κ3) is 4.62. The Bertz CT molecular complexity index is 623. The predicted octanol–water partition coefficient (Wildman–Crippen LogP) is 3.65. The zero-order chi connectivity index (χ0) is 16.0. The molecule has 0 aliphatic rings. The van der Waals surface area contributed by atoms with Gasteiger partial charge in [-0.25, -0.2) is 0 Å². The van der Waals surface area contributed by atoms with E-state index in [2.05, 4.69) is 0 Å². The van der Waals surface area contributed by atoms with Gasteiger partial charge in [0, 0.05) is 6.54 Å². The van der Waals surface area contributed by atoms with Crippen LogP contribution in [0, 0.1) is 0 Å². The van der Waals surface area contributed by atoms with Crippen LogP contribution in [-0.4, -0.2) is 12.1 Å². The molecule has 0 aliphatic heterocycles. The van der Waals surface area contributed by atoms with Crippen molar-refractivity contribution in [1.82, 2.24) is 5.32 Å². The first kappa shape index (κ1) is 16.1. The molecule has 2 aromatic rings. The minimum Gasteiger partial charge on any atom is -0.344 e. The van der Waals surface area contributed by atoms with Crippen LogP contribution in [-0.2, 0) is 24.2 Å². The van der Waals surface area contributed by atoms with Gasteiger partial charge in [-0.1, -0.05) is 54.6 Å². The summed E-state index contributed by atoms with van der Waals surface area (Å²) in [5.74, 6) is -1.91. The van der Waals surface area contributed by atoms with Crippen molar-refractivity contribution < 1.29 is 18.0 Å². The first-order valence-electron chi connectivity index (χ1n) is 6.92. The van der Waals surface area contributed by atoms with Crippen LogP contribution in [0.1, 0.15) is 16.7 Å². The molecule has 0 atom stereocenters. The number of aryl methyl sites for hydroxylation is 2. The summed E-state index contributed by atoms with van der Waals surface area (Å²) in [5, 5.41) is 1.91. The quantitative estimate of drug-likeness (QED) is 0.897. The molecule has 1 N–H and O–H groups in total. The highest BCUT2D eigenvalue weighted by Crippen LogP contribution is 2.16. The zero-order valence-electron chi connectivity index (χ0n) is 11.9. The van der Waals surface area contributed by atoms with E-state index in [-0.39, 0.29) is 6.54 Å². The molecule has 2 rings (SSSR count). The van der Waals surface area contributed by atoms with Crippen molar-refractivity contribution in [2.24, 2.45) is 0 Å². The number of benzene rings is 2. The number of alkyl halides is 3. The SMILES string of the molecule is O=C(NCc1ccccc1CCc1ccccc1)C(F)(F)F. The van der Waals surface area contributed by atoms with Crippen molar-refractivity contribution in [3.8, 4) is 0 Å². The summed E-state index contributed by atoms with van der Waals surface area (Å²) in [7, 11) is 0. The molecule has 0 heterocycles. The van der Waals surface area contributed by atoms with Gasteiger partial charge in [0.25, 0.3) is 0 Å². The summed E-state index contributed by atoms with van der Waals surface area (Å²) < 4.78 is 36.6. The van der Waals surface area contributed by atoms with Crippen molar-refractivity contribution in [2.75, 3.05) is 0 Å². The van der Waals surface area contributed by atoms with E-state index in [1.165, 1.54) is 0 Å². The molecular weight excluding hydrogens is 291 g/mol. The first-order chi connectivity index (χ1) is 10.5. The predicted molar refractivity (Wildman–Crippen MR) is 78.2 cm³/mol. The molecule has 2 nitrogen and oxygen atoms in total. The van der Waals surface area contributed by atoms with E-state index >= 15 is 0 Å². The maximum absolute atomic E-state index is 12.2. The van der Waals surface area contributed by atoms with Gasteiger partial charge in [-0.2, -0.15) is 13.2 Å². The minimum atomic E-state index is -4.85. The van der Waals surface area contributed by atoms with E-state index in [1.807, 2.05) is 47.8 Å². The van der Waals surface area contributed by atoms with Gasteiger partial charge in [-0.15, -0.1) is 0 Å². The Labute approximate surface area is 127 Å². The highest BCUT2D eigenvalue weighted by atomic mass is 19.4. The Morgan fingerprint density at radius 1 is 0.864 bits per heavy atom. The third-order valence-electron chi connectivity index (χ3n) is 3.34. The molecular formula is C17H16F3NO. The molecule has 0 saturated heterocycles. The van der Waals surface area contributed by atoms with E-state index in [0.717, 1.165) is 17.5 Å². The van der Waals surface area contributed by atoms with Crippen molar-refractivity contribution >= 4 is 5.91 Å². The van der Waals surface area contributed by atoms with Gasteiger partial charge in [0.05, 0.1) is 0 Å². The van der Waals surface area contributed by atoms with Crippen molar-refractivity contribution in [3.63, 3.8) is 0 Å². The number of nitrogens with one attached hydrogen (secondary N) is 1. The smallest absolute Gasteiger partial charge is 0.344 e. The van der Waals surface area contributed by atoms with E-state index in [4.69, 9.17) is 0 Å². The molecule has 0 saturated carbocycles. The van der Waals surface area contributed by atoms with Crippen molar-refractivity contribution in [3.05, 3.63) is 71.3 Å². The minimum absolute atomic E-state index is 0.122. The Hall–Kier alpha value is -2.30. The second-order valence-electron chi connectivity index (χ2n) is 4.93. The Morgan fingerprint density at radius 3 is 2.09 bits per heavy atom. The molecule has 22 heavy (non-hydrogen) atoms. The standard InChI is InChI=1S/C17H16F3NO/c18-17(19,20)16(22)21-12-15-9-5-4-8-14(15)11-10-13-6-2-1-3-7-13/h1-9H,10-12H2,(H,21,22). The van der Waals surface area contributed by atoms with Gasteiger partial charge in [0.1, 0.15) is 0 Å². The number of hydrogen-bond donors (Lipinski definition) is 1. The van der Waals surface area contributed by atoms with E-state index in [9.17, 15) is 18.0 Å². The molecule has 0 spiro atoms. The maximum Gasteiger partial charge on any atom is 0.471 e. The van der Waals surface area contributed by atoms with E-state index in [1.54, 1.807) is 12.1 Å². The average Bonchev–Trinajstić information content (AvgIpc) is 2.51. The molecule has 116 valence electrons. The number of carbonyl (C=O) groups excluding carboxylic acids is 1.